The highest BCUT2D eigenvalue weighted by molar-refractivity contribution is 5.76. The van der Waals surface area contributed by atoms with E-state index in [9.17, 15) is 4.79 Å². The van der Waals surface area contributed by atoms with Gasteiger partial charge < -0.3 is 30.3 Å². The van der Waals surface area contributed by atoms with Crippen molar-refractivity contribution in [3.05, 3.63) is 23.2 Å². The fourth-order valence-corrected chi connectivity index (χ4v) is 0.737. The van der Waals surface area contributed by atoms with Crippen LogP contribution in [0.2, 0.25) is 0 Å². The second kappa shape index (κ2) is 2.77. The van der Waals surface area contributed by atoms with E-state index in [0.717, 1.165) is 0 Å². The predicted molar refractivity (Wildman–Crippen MR) is 37.1 cm³/mol. The highest BCUT2D eigenvalue weighted by Crippen LogP contribution is 2.23. The SMILES string of the molecule is O=C(O)C1OC(O)=C(O)C(O)=C1O. The zero-order valence-corrected chi connectivity index (χ0v) is 6.13. The minimum Gasteiger partial charge on any atom is -0.505 e. The van der Waals surface area contributed by atoms with Crippen LogP contribution in [0.1, 0.15) is 0 Å². The maximum atomic E-state index is 10.3. The van der Waals surface area contributed by atoms with E-state index >= 15 is 0 Å². The Bertz CT molecular complexity index is 313. The first-order chi connectivity index (χ1) is 5.95. The Hall–Kier alpha value is -2.05. The quantitative estimate of drug-likeness (QED) is 0.396. The lowest BCUT2D eigenvalue weighted by atomic mass is 10.2. The van der Waals surface area contributed by atoms with Crippen LogP contribution in [0.15, 0.2) is 23.2 Å². The molecule has 0 aromatic carbocycles. The summed E-state index contributed by atoms with van der Waals surface area (Å²) in [5.41, 5.74) is 0. The second-order valence-corrected chi connectivity index (χ2v) is 2.22. The number of carbonyl (C=O) groups is 1. The Morgan fingerprint density at radius 1 is 1.15 bits per heavy atom. The molecule has 0 bridgehead atoms. The van der Waals surface area contributed by atoms with E-state index in [2.05, 4.69) is 4.74 Å². The first-order valence-corrected chi connectivity index (χ1v) is 3.09. The fraction of sp³-hybridized carbons (Fsp3) is 0.167. The number of rotatable bonds is 1. The van der Waals surface area contributed by atoms with Crippen LogP contribution in [0.4, 0.5) is 0 Å². The summed E-state index contributed by atoms with van der Waals surface area (Å²) >= 11 is 0. The van der Waals surface area contributed by atoms with Gasteiger partial charge in [-0.15, -0.1) is 0 Å². The van der Waals surface area contributed by atoms with Crippen molar-refractivity contribution >= 4 is 5.97 Å². The molecule has 1 rings (SSSR count). The Morgan fingerprint density at radius 2 is 1.69 bits per heavy atom. The number of aliphatic hydroxyl groups excluding tert-OH is 4. The minimum atomic E-state index is -1.91. The molecular weight excluding hydrogens is 184 g/mol. The first kappa shape index (κ1) is 9.04. The van der Waals surface area contributed by atoms with Gasteiger partial charge in [-0.25, -0.2) is 4.79 Å². The highest BCUT2D eigenvalue weighted by Gasteiger charge is 2.36. The molecule has 0 aliphatic carbocycles. The normalized spacial score (nSPS) is 22.9. The summed E-state index contributed by atoms with van der Waals surface area (Å²) < 4.78 is 4.16. The summed E-state index contributed by atoms with van der Waals surface area (Å²) in [4.78, 5) is 10.3. The van der Waals surface area contributed by atoms with Crippen LogP contribution in [0.3, 0.4) is 0 Å². The molecule has 0 spiro atoms. The summed E-state index contributed by atoms with van der Waals surface area (Å²) in [5.74, 6) is -6.04. The van der Waals surface area contributed by atoms with Crippen molar-refractivity contribution in [2.45, 2.75) is 6.10 Å². The van der Waals surface area contributed by atoms with Crippen LogP contribution in [-0.4, -0.2) is 37.6 Å². The molecule has 1 aliphatic rings. The smallest absolute Gasteiger partial charge is 0.353 e. The molecule has 13 heavy (non-hydrogen) atoms. The molecular formula is C6H6O7. The lowest BCUT2D eigenvalue weighted by Gasteiger charge is -2.19. The number of aliphatic carboxylic acids is 1. The molecule has 1 atom stereocenters. The van der Waals surface area contributed by atoms with Crippen molar-refractivity contribution < 1.29 is 35.1 Å². The Morgan fingerprint density at radius 3 is 2.15 bits per heavy atom. The van der Waals surface area contributed by atoms with Gasteiger partial charge in [0.1, 0.15) is 0 Å². The second-order valence-electron chi connectivity index (χ2n) is 2.22. The number of hydrogen-bond acceptors (Lipinski definition) is 6. The Labute approximate surface area is 71.4 Å². The van der Waals surface area contributed by atoms with E-state index in [4.69, 9.17) is 25.5 Å². The number of hydrogen-bond donors (Lipinski definition) is 5. The van der Waals surface area contributed by atoms with E-state index in [-0.39, 0.29) is 0 Å². The van der Waals surface area contributed by atoms with E-state index in [0.29, 0.717) is 0 Å². The molecule has 7 heteroatoms. The number of carboxylic acids is 1. The van der Waals surface area contributed by atoms with Gasteiger partial charge in [0.05, 0.1) is 0 Å². The molecule has 1 aliphatic heterocycles. The third kappa shape index (κ3) is 1.31. The van der Waals surface area contributed by atoms with Crippen LogP contribution in [0, 0.1) is 0 Å². The van der Waals surface area contributed by atoms with Gasteiger partial charge in [0.15, 0.2) is 5.76 Å². The lowest BCUT2D eigenvalue weighted by Crippen LogP contribution is -2.30. The van der Waals surface area contributed by atoms with Gasteiger partial charge in [-0.3, -0.25) is 0 Å². The van der Waals surface area contributed by atoms with Crippen molar-refractivity contribution in [1.82, 2.24) is 0 Å². The number of aliphatic hydroxyl groups is 4. The summed E-state index contributed by atoms with van der Waals surface area (Å²) in [7, 11) is 0. The number of ether oxygens (including phenoxy) is 1. The Balaban J connectivity index is 3.11. The maximum Gasteiger partial charge on any atom is 0.353 e. The zero-order chi connectivity index (χ0) is 10.2. The third-order valence-electron chi connectivity index (χ3n) is 1.37. The van der Waals surface area contributed by atoms with Gasteiger partial charge in [-0.2, -0.15) is 0 Å². The van der Waals surface area contributed by atoms with Gasteiger partial charge in [-0.1, -0.05) is 0 Å². The monoisotopic (exact) mass is 190 g/mol. The van der Waals surface area contributed by atoms with Crippen molar-refractivity contribution in [3.8, 4) is 0 Å². The average molecular weight is 190 g/mol. The first-order valence-electron chi connectivity index (χ1n) is 3.09. The number of carboxylic acid groups (broad SMARTS) is 1. The van der Waals surface area contributed by atoms with Crippen molar-refractivity contribution in [2.75, 3.05) is 0 Å². The lowest BCUT2D eigenvalue weighted by molar-refractivity contribution is -0.151. The van der Waals surface area contributed by atoms with Crippen LogP contribution in [-0.2, 0) is 9.53 Å². The van der Waals surface area contributed by atoms with Gasteiger partial charge in [0.2, 0.25) is 11.5 Å². The van der Waals surface area contributed by atoms with Crippen molar-refractivity contribution in [3.63, 3.8) is 0 Å². The minimum absolute atomic E-state index is 1.07. The molecule has 7 nitrogen and oxygen atoms in total. The van der Waals surface area contributed by atoms with E-state index in [1.165, 1.54) is 0 Å². The molecule has 0 aromatic heterocycles. The molecule has 72 valence electrons. The zero-order valence-electron chi connectivity index (χ0n) is 6.13. The van der Waals surface area contributed by atoms with Crippen LogP contribution in [0.25, 0.3) is 0 Å². The van der Waals surface area contributed by atoms with Gasteiger partial charge in [-0.05, 0) is 0 Å². The van der Waals surface area contributed by atoms with Gasteiger partial charge >= 0.3 is 11.9 Å². The molecule has 0 fully saturated rings. The molecule has 0 aromatic rings. The maximum absolute atomic E-state index is 10.3. The molecule has 5 N–H and O–H groups in total. The van der Waals surface area contributed by atoms with E-state index < -0.39 is 35.3 Å². The van der Waals surface area contributed by atoms with E-state index in [1.807, 2.05) is 0 Å². The molecule has 1 heterocycles. The third-order valence-corrected chi connectivity index (χ3v) is 1.37. The molecule has 0 radical (unpaired) electrons. The van der Waals surface area contributed by atoms with Crippen LogP contribution < -0.4 is 0 Å². The topological polar surface area (TPSA) is 127 Å². The largest absolute Gasteiger partial charge is 0.505 e. The summed E-state index contributed by atoms with van der Waals surface area (Å²) in [6.45, 7) is 0. The van der Waals surface area contributed by atoms with Crippen LogP contribution in [0.5, 0.6) is 0 Å². The summed E-state index contributed by atoms with van der Waals surface area (Å²) in [5, 5.41) is 43.6. The van der Waals surface area contributed by atoms with Gasteiger partial charge in [0, 0.05) is 0 Å². The van der Waals surface area contributed by atoms with Crippen molar-refractivity contribution in [1.29, 1.82) is 0 Å². The molecule has 0 amide bonds. The van der Waals surface area contributed by atoms with Crippen LogP contribution >= 0.6 is 0 Å². The van der Waals surface area contributed by atoms with Crippen molar-refractivity contribution in [2.24, 2.45) is 0 Å². The molecule has 0 saturated heterocycles. The predicted octanol–water partition coefficient (Wildman–Crippen LogP) is 0.0825. The average Bonchev–Trinajstić information content (AvgIpc) is 2.07. The highest BCUT2D eigenvalue weighted by atomic mass is 16.6. The fourth-order valence-electron chi connectivity index (χ4n) is 0.737. The van der Waals surface area contributed by atoms with Gasteiger partial charge in [0.25, 0.3) is 6.10 Å². The van der Waals surface area contributed by atoms with E-state index in [1.54, 1.807) is 0 Å². The Kier molecular flexibility index (Phi) is 1.93. The molecule has 0 saturated carbocycles. The summed E-state index contributed by atoms with van der Waals surface area (Å²) in [6, 6.07) is 0. The standard InChI is InChI=1S/C6H6O7/c7-1-2(8)4(5(10)11)13-6(12)3(1)9/h4,7-9,12H,(H,10,11). The summed E-state index contributed by atoms with van der Waals surface area (Å²) in [6.07, 6.45) is -1.91. The molecule has 1 unspecified atom stereocenters.